The normalized spacial score (nSPS) is 15.0. The lowest BCUT2D eigenvalue weighted by Crippen LogP contribution is -2.29. The summed E-state index contributed by atoms with van der Waals surface area (Å²) in [5.74, 6) is 22.9. The third-order valence-electron chi connectivity index (χ3n) is 22.2. The highest BCUT2D eigenvalue weighted by Gasteiger charge is 2.29. The Hall–Kier alpha value is -12.8. The van der Waals surface area contributed by atoms with Crippen LogP contribution in [0.1, 0.15) is 208 Å². The monoisotopic (exact) mass is 1630 g/mol. The fraction of sp³-hybridized carbons (Fsp3) is 0.250. The maximum atomic E-state index is 12.2. The Labute approximate surface area is 728 Å². The molecule has 122 heavy (non-hydrogen) atoms. The number of hydrogen-bond donors (Lipinski definition) is 4. The number of nitrogens with zero attached hydrogens (tertiary/aromatic N) is 4. The average Bonchev–Trinajstić information content (AvgIpc) is 0.785. The molecule has 0 aliphatic heterocycles. The van der Waals surface area contributed by atoms with Crippen LogP contribution in [0.4, 0.5) is 0 Å². The highest BCUT2D eigenvalue weighted by molar-refractivity contribution is 6.84. The number of phenols is 2. The number of nitrogens with one attached hydrogen (secondary N) is 2. The highest BCUT2D eigenvalue weighted by Crippen LogP contribution is 2.41. The predicted octanol–water partition coefficient (Wildman–Crippen LogP) is 26.2. The fourth-order valence-electron chi connectivity index (χ4n) is 15.3. The summed E-state index contributed by atoms with van der Waals surface area (Å²) in [6.45, 7) is 35.0. The molecule has 0 saturated heterocycles. The minimum absolute atomic E-state index is 0.0643. The number of amidine groups is 2. The standard InChI is InChI=1S/C112H114N6O2Si2/c1-77(87-33-21-17-22-34-87)115-109(116-78(2)88-35-23-18-24-36-88)105-97(41-31-43-99(105)93-63-55-83(56-64-93)67-69-121(11,12)13)91-59-51-81(52-60-91)47-49-85-71-95(107(119)101(73-85)111(5,6)7)75-113-103-45-29-30-46-104(103)114-76-96-72-86(74-102(108(96)120)112(8,9)10)50-48-82-53-61-92(62-54-82)98-42-32-44-100(94-65-57-84(58-66-94)68-70-122(14,15)16)106(98)110(117-79(3)89-37-25-19-26-38-89)118-80(4)90-39-27-20-28-40-90/h17-28,31-44,51-66,71-80,103-104,119-120H,29-30,45-46H2,1-16H3,(H,115,116)(H,117,118)/t77-,78-,79-,80?,103?,104?/m1/s1. The van der Waals surface area contributed by atoms with E-state index >= 15 is 0 Å². The molecule has 6 atom stereocenters. The van der Waals surface area contributed by atoms with Gasteiger partial charge < -0.3 is 20.8 Å². The first kappa shape index (κ1) is 87.0. The number of rotatable bonds is 18. The molecule has 0 heterocycles. The highest BCUT2D eigenvalue weighted by atomic mass is 28.3. The molecule has 1 aliphatic rings. The van der Waals surface area contributed by atoms with Gasteiger partial charge in [-0.15, -0.1) is 11.1 Å². The molecule has 1 saturated carbocycles. The van der Waals surface area contributed by atoms with Gasteiger partial charge in [-0.2, -0.15) is 0 Å². The second-order valence-electron chi connectivity index (χ2n) is 36.3. The first-order chi connectivity index (χ1) is 58.4. The van der Waals surface area contributed by atoms with Crippen molar-refractivity contribution in [2.75, 3.05) is 0 Å². The van der Waals surface area contributed by atoms with Crippen LogP contribution in [-0.4, -0.2) is 62.5 Å². The number of aliphatic imine (C=N–C) groups is 4. The van der Waals surface area contributed by atoms with Gasteiger partial charge in [-0.1, -0.05) is 335 Å². The van der Waals surface area contributed by atoms with Gasteiger partial charge in [-0.25, -0.2) is 0 Å². The Morgan fingerprint density at radius 2 is 0.631 bits per heavy atom. The van der Waals surface area contributed by atoms with E-state index in [1.54, 1.807) is 0 Å². The van der Waals surface area contributed by atoms with Crippen LogP contribution in [0, 0.1) is 46.6 Å². The van der Waals surface area contributed by atoms with Gasteiger partial charge in [-0.05, 0) is 191 Å². The van der Waals surface area contributed by atoms with Crippen LogP contribution in [0.5, 0.6) is 11.5 Å². The summed E-state index contributed by atoms with van der Waals surface area (Å²) in [6.07, 6.45) is 7.29. The number of benzene rings is 12. The second kappa shape index (κ2) is 38.7. The van der Waals surface area contributed by atoms with E-state index < -0.39 is 27.0 Å². The molecule has 0 amide bonds. The molecule has 4 N–H and O–H groups in total. The molecule has 0 bridgehead atoms. The van der Waals surface area contributed by atoms with Crippen LogP contribution < -0.4 is 10.6 Å². The third kappa shape index (κ3) is 22.8. The largest absolute Gasteiger partial charge is 0.507 e. The zero-order valence-corrected chi connectivity index (χ0v) is 75.7. The zero-order chi connectivity index (χ0) is 86.3. The molecule has 3 unspecified atom stereocenters. The Bertz CT molecular complexity index is 5700. The molecule has 12 aromatic carbocycles. The summed E-state index contributed by atoms with van der Waals surface area (Å²) in [4.78, 5) is 21.7. The van der Waals surface area contributed by atoms with Crippen molar-refractivity contribution in [3.05, 3.63) is 368 Å². The van der Waals surface area contributed by atoms with Crippen molar-refractivity contribution in [3.63, 3.8) is 0 Å². The maximum Gasteiger partial charge on any atom is 0.130 e. The van der Waals surface area contributed by atoms with Gasteiger partial charge in [0.1, 0.15) is 39.3 Å². The van der Waals surface area contributed by atoms with Gasteiger partial charge in [0.2, 0.25) is 0 Å². The molecule has 12 aromatic rings. The third-order valence-corrected chi connectivity index (χ3v) is 23.9. The minimum atomic E-state index is -1.60. The van der Waals surface area contributed by atoms with Crippen LogP contribution in [0.2, 0.25) is 39.3 Å². The summed E-state index contributed by atoms with van der Waals surface area (Å²) in [5.41, 5.74) is 29.2. The first-order valence-corrected chi connectivity index (χ1v) is 49.9. The summed E-state index contributed by atoms with van der Waals surface area (Å²) < 4.78 is 0. The SMILES string of the molecule is CC(NC(=N[C@H](C)c1ccccc1)c1c(-c2ccc(C#Cc3cc(C=NC4CCCCC4N=Cc4cc(C#Cc5ccc(-c6cccc(-c7ccc(C#C[Si](C)(C)C)cc7)c6C(=N[C@H](C)c6ccccc6)N[C@H](C)c6ccccc6)cc5)cc(C(C)(C)C)c4O)c(O)c(C(C)(C)C)c3)cc2)cccc1-c1ccc(C#C[Si](C)(C)C)cc1)c1ccccc1. The Kier molecular flexibility index (Phi) is 27.6. The summed E-state index contributed by atoms with van der Waals surface area (Å²) in [7, 11) is -3.19. The van der Waals surface area contributed by atoms with Gasteiger partial charge in [0.05, 0.1) is 24.2 Å². The van der Waals surface area contributed by atoms with E-state index in [0.717, 1.165) is 160 Å². The quantitative estimate of drug-likeness (QED) is 0.0297. The first-order valence-electron chi connectivity index (χ1n) is 42.9. The summed E-state index contributed by atoms with van der Waals surface area (Å²) >= 11 is 0. The number of aromatic hydroxyl groups is 2. The van der Waals surface area contributed by atoms with Crippen LogP contribution in [0.25, 0.3) is 44.5 Å². The molecule has 13 rings (SSSR count). The van der Waals surface area contributed by atoms with Crippen molar-refractivity contribution < 1.29 is 10.2 Å². The van der Waals surface area contributed by atoms with E-state index in [4.69, 9.17) is 20.0 Å². The molecule has 8 nitrogen and oxygen atoms in total. The molecule has 0 radical (unpaired) electrons. The van der Waals surface area contributed by atoms with Crippen molar-refractivity contribution in [1.29, 1.82) is 0 Å². The van der Waals surface area contributed by atoms with E-state index in [0.29, 0.717) is 11.1 Å². The number of hydrogen-bond acceptors (Lipinski definition) is 6. The molecule has 612 valence electrons. The minimum Gasteiger partial charge on any atom is -0.507 e. The average molecular weight is 1630 g/mol. The lowest BCUT2D eigenvalue weighted by molar-refractivity contribution is 0.390. The van der Waals surface area contributed by atoms with Crippen molar-refractivity contribution >= 4 is 40.2 Å². The van der Waals surface area contributed by atoms with Crippen molar-refractivity contribution in [2.45, 2.75) is 181 Å². The van der Waals surface area contributed by atoms with Crippen molar-refractivity contribution in [3.8, 4) is 103 Å². The number of phenolic OH excluding ortho intramolecular Hbond substituents is 2. The topological polar surface area (TPSA) is 114 Å². The lowest BCUT2D eigenvalue weighted by atomic mass is 9.84. The van der Waals surface area contributed by atoms with Crippen LogP contribution in [0.15, 0.2) is 299 Å². The molecule has 0 spiro atoms. The van der Waals surface area contributed by atoms with Gasteiger partial charge in [0, 0.05) is 91.3 Å². The molecular weight excluding hydrogens is 1520 g/mol. The molecule has 1 fully saturated rings. The Morgan fingerprint density at radius 1 is 0.352 bits per heavy atom. The van der Waals surface area contributed by atoms with Gasteiger partial charge >= 0.3 is 0 Å². The van der Waals surface area contributed by atoms with Crippen LogP contribution in [0.3, 0.4) is 0 Å². The summed E-state index contributed by atoms with van der Waals surface area (Å²) in [6, 6.07) is 96.5. The fourth-order valence-corrected chi connectivity index (χ4v) is 16.4. The van der Waals surface area contributed by atoms with Crippen molar-refractivity contribution in [1.82, 2.24) is 10.6 Å². The molecule has 10 heteroatoms. The smallest absolute Gasteiger partial charge is 0.130 e. The Balaban J connectivity index is 0.783. The van der Waals surface area contributed by atoms with E-state index in [9.17, 15) is 10.2 Å². The maximum absolute atomic E-state index is 12.2. The van der Waals surface area contributed by atoms with Gasteiger partial charge in [0.15, 0.2) is 0 Å². The summed E-state index contributed by atoms with van der Waals surface area (Å²) in [5, 5.41) is 32.2. The van der Waals surface area contributed by atoms with E-state index in [1.807, 2.05) is 48.8 Å². The second-order valence-corrected chi connectivity index (χ2v) is 45.8. The molecule has 0 aromatic heterocycles. The Morgan fingerprint density at radius 3 is 0.918 bits per heavy atom. The van der Waals surface area contributed by atoms with Gasteiger partial charge in [-0.3, -0.25) is 20.0 Å². The van der Waals surface area contributed by atoms with Crippen LogP contribution >= 0.6 is 0 Å². The predicted molar refractivity (Wildman–Crippen MR) is 521 cm³/mol. The van der Waals surface area contributed by atoms with E-state index in [1.165, 1.54) is 0 Å². The van der Waals surface area contributed by atoms with E-state index in [2.05, 4.69) is 408 Å². The zero-order valence-electron chi connectivity index (χ0n) is 73.7. The molecular formula is C112H114N6O2Si2. The van der Waals surface area contributed by atoms with Crippen LogP contribution in [-0.2, 0) is 10.8 Å². The van der Waals surface area contributed by atoms with Crippen molar-refractivity contribution in [2.24, 2.45) is 20.0 Å². The van der Waals surface area contributed by atoms with Gasteiger partial charge in [0.25, 0.3) is 0 Å². The lowest BCUT2D eigenvalue weighted by Gasteiger charge is -2.26. The van der Waals surface area contributed by atoms with E-state index in [-0.39, 0.29) is 47.8 Å². The molecule has 1 aliphatic carbocycles.